The average molecular weight is 272 g/mol. The molecule has 2 N–H and O–H groups in total. The van der Waals surface area contributed by atoms with E-state index in [1.807, 2.05) is 0 Å². The topological polar surface area (TPSA) is 29.3 Å². The summed E-state index contributed by atoms with van der Waals surface area (Å²) in [6, 6.07) is 11.4. The number of piperidine rings is 1. The number of nitrogens with zero attached hydrogens (tertiary/aromatic N) is 1. The van der Waals surface area contributed by atoms with Gasteiger partial charge in [-0.1, -0.05) is 43.2 Å². The fourth-order valence-corrected chi connectivity index (χ4v) is 4.26. The largest absolute Gasteiger partial charge is 0.321 e. The zero-order valence-corrected chi connectivity index (χ0v) is 12.7. The van der Waals surface area contributed by atoms with E-state index in [2.05, 4.69) is 42.2 Å². The van der Waals surface area contributed by atoms with Crippen molar-refractivity contribution in [3.8, 4) is 0 Å². The van der Waals surface area contributed by atoms with Crippen LogP contribution in [0.5, 0.6) is 0 Å². The van der Waals surface area contributed by atoms with Crippen molar-refractivity contribution in [2.45, 2.75) is 57.0 Å². The van der Waals surface area contributed by atoms with Gasteiger partial charge in [-0.3, -0.25) is 4.90 Å². The Hall–Kier alpha value is -0.860. The molecule has 0 amide bonds. The van der Waals surface area contributed by atoms with E-state index >= 15 is 0 Å². The normalized spacial score (nSPS) is 30.5. The van der Waals surface area contributed by atoms with Gasteiger partial charge in [0.25, 0.3) is 0 Å². The monoisotopic (exact) mass is 272 g/mol. The summed E-state index contributed by atoms with van der Waals surface area (Å²) in [6.07, 6.45) is 8.46. The molecule has 1 aromatic rings. The quantitative estimate of drug-likeness (QED) is 0.912. The number of fused-ring (bicyclic) bond motifs is 1. The highest BCUT2D eigenvalue weighted by Gasteiger charge is 2.36. The Labute approximate surface area is 123 Å². The molecule has 110 valence electrons. The summed E-state index contributed by atoms with van der Waals surface area (Å²) in [7, 11) is 0. The first-order chi connectivity index (χ1) is 9.67. The first-order valence-corrected chi connectivity index (χ1v) is 8.25. The molecule has 1 aromatic carbocycles. The van der Waals surface area contributed by atoms with Crippen LogP contribution in [0.4, 0.5) is 0 Å². The smallest absolute Gasteiger partial charge is 0.0510 e. The van der Waals surface area contributed by atoms with Crippen LogP contribution in [0.3, 0.4) is 0 Å². The molecule has 0 spiro atoms. The van der Waals surface area contributed by atoms with Gasteiger partial charge in [0.05, 0.1) is 5.54 Å². The molecule has 1 aliphatic heterocycles. The van der Waals surface area contributed by atoms with Crippen LogP contribution in [0.2, 0.25) is 0 Å². The van der Waals surface area contributed by atoms with Gasteiger partial charge in [-0.15, -0.1) is 0 Å². The zero-order valence-electron chi connectivity index (χ0n) is 12.7. The number of rotatable bonds is 3. The van der Waals surface area contributed by atoms with E-state index in [0.29, 0.717) is 0 Å². The summed E-state index contributed by atoms with van der Waals surface area (Å²) in [4.78, 5) is 2.69. The molecular formula is C18H28N2. The molecule has 20 heavy (non-hydrogen) atoms. The van der Waals surface area contributed by atoms with Crippen LogP contribution in [-0.2, 0) is 5.54 Å². The van der Waals surface area contributed by atoms with Crippen LogP contribution < -0.4 is 5.73 Å². The van der Waals surface area contributed by atoms with Gasteiger partial charge in [0, 0.05) is 12.6 Å². The molecule has 3 atom stereocenters. The van der Waals surface area contributed by atoms with Gasteiger partial charge in [-0.25, -0.2) is 0 Å². The summed E-state index contributed by atoms with van der Waals surface area (Å²) < 4.78 is 0. The Morgan fingerprint density at radius 3 is 2.60 bits per heavy atom. The summed E-state index contributed by atoms with van der Waals surface area (Å²) in [6.45, 7) is 4.42. The molecule has 0 aromatic heterocycles. The van der Waals surface area contributed by atoms with Gasteiger partial charge in [0.2, 0.25) is 0 Å². The van der Waals surface area contributed by atoms with Crippen molar-refractivity contribution in [2.75, 3.05) is 13.1 Å². The number of nitrogens with two attached hydrogens (primary N) is 1. The molecule has 3 unspecified atom stereocenters. The molecule has 2 aliphatic rings. The van der Waals surface area contributed by atoms with Gasteiger partial charge in [-0.05, 0) is 50.6 Å². The highest BCUT2D eigenvalue weighted by Crippen LogP contribution is 2.36. The fourth-order valence-electron chi connectivity index (χ4n) is 4.26. The van der Waals surface area contributed by atoms with Crippen molar-refractivity contribution < 1.29 is 0 Å². The second-order valence-corrected chi connectivity index (χ2v) is 7.01. The van der Waals surface area contributed by atoms with E-state index < -0.39 is 0 Å². The lowest BCUT2D eigenvalue weighted by Gasteiger charge is -2.46. The SMILES string of the molecule is CC(N)(CN1CCCC2CCCCC21)c1ccccc1. The molecule has 2 nitrogen and oxygen atoms in total. The average Bonchev–Trinajstić information content (AvgIpc) is 2.48. The zero-order chi connectivity index (χ0) is 14.0. The summed E-state index contributed by atoms with van der Waals surface area (Å²) in [5.41, 5.74) is 7.68. The highest BCUT2D eigenvalue weighted by atomic mass is 15.2. The maximum atomic E-state index is 6.65. The van der Waals surface area contributed by atoms with Gasteiger partial charge < -0.3 is 5.73 Å². The Kier molecular flexibility index (Phi) is 4.13. The molecule has 2 fully saturated rings. The third-order valence-electron chi connectivity index (χ3n) is 5.32. The minimum Gasteiger partial charge on any atom is -0.321 e. The number of benzene rings is 1. The Balaban J connectivity index is 1.72. The van der Waals surface area contributed by atoms with Crippen molar-refractivity contribution in [1.29, 1.82) is 0 Å². The van der Waals surface area contributed by atoms with E-state index in [-0.39, 0.29) is 5.54 Å². The Morgan fingerprint density at radius 2 is 1.80 bits per heavy atom. The second kappa shape index (κ2) is 5.87. The lowest BCUT2D eigenvalue weighted by atomic mass is 9.77. The van der Waals surface area contributed by atoms with Crippen LogP contribution >= 0.6 is 0 Å². The first kappa shape index (κ1) is 14.1. The molecular weight excluding hydrogens is 244 g/mol. The Morgan fingerprint density at radius 1 is 1.10 bits per heavy atom. The summed E-state index contributed by atoms with van der Waals surface area (Å²) in [5, 5.41) is 0. The molecule has 0 bridgehead atoms. The highest BCUT2D eigenvalue weighted by molar-refractivity contribution is 5.23. The molecule has 1 aliphatic carbocycles. The van der Waals surface area contributed by atoms with E-state index in [1.165, 1.54) is 50.6 Å². The Bertz CT molecular complexity index is 424. The standard InChI is InChI=1S/C18H28N2/c1-18(19,16-10-3-2-4-11-16)14-20-13-7-9-15-8-5-6-12-17(15)20/h2-4,10-11,15,17H,5-9,12-14,19H2,1H3. The third kappa shape index (κ3) is 2.91. The van der Waals surface area contributed by atoms with Gasteiger partial charge in [0.1, 0.15) is 0 Å². The summed E-state index contributed by atoms with van der Waals surface area (Å²) >= 11 is 0. The van der Waals surface area contributed by atoms with Crippen molar-refractivity contribution >= 4 is 0 Å². The van der Waals surface area contributed by atoms with E-state index in [0.717, 1.165) is 18.5 Å². The van der Waals surface area contributed by atoms with Crippen LogP contribution in [0.25, 0.3) is 0 Å². The number of hydrogen-bond donors (Lipinski definition) is 1. The number of hydrogen-bond acceptors (Lipinski definition) is 2. The molecule has 2 heteroatoms. The van der Waals surface area contributed by atoms with E-state index in [9.17, 15) is 0 Å². The first-order valence-electron chi connectivity index (χ1n) is 8.25. The third-order valence-corrected chi connectivity index (χ3v) is 5.32. The minimum absolute atomic E-state index is 0.236. The van der Waals surface area contributed by atoms with Crippen molar-refractivity contribution in [2.24, 2.45) is 11.7 Å². The fraction of sp³-hybridized carbons (Fsp3) is 0.667. The van der Waals surface area contributed by atoms with Gasteiger partial charge in [-0.2, -0.15) is 0 Å². The van der Waals surface area contributed by atoms with E-state index in [4.69, 9.17) is 5.73 Å². The number of likely N-dealkylation sites (tertiary alicyclic amines) is 1. The van der Waals surface area contributed by atoms with Crippen molar-refractivity contribution in [3.63, 3.8) is 0 Å². The molecule has 1 heterocycles. The van der Waals surface area contributed by atoms with Gasteiger partial charge >= 0.3 is 0 Å². The molecule has 1 saturated heterocycles. The molecule has 0 radical (unpaired) electrons. The van der Waals surface area contributed by atoms with Crippen molar-refractivity contribution in [1.82, 2.24) is 4.90 Å². The minimum atomic E-state index is -0.236. The predicted molar refractivity (Wildman–Crippen MR) is 84.5 cm³/mol. The maximum absolute atomic E-state index is 6.65. The second-order valence-electron chi connectivity index (χ2n) is 7.01. The van der Waals surface area contributed by atoms with Crippen LogP contribution in [0, 0.1) is 5.92 Å². The van der Waals surface area contributed by atoms with Crippen LogP contribution in [0.1, 0.15) is 51.0 Å². The van der Waals surface area contributed by atoms with Crippen molar-refractivity contribution in [3.05, 3.63) is 35.9 Å². The van der Waals surface area contributed by atoms with Crippen LogP contribution in [-0.4, -0.2) is 24.0 Å². The predicted octanol–water partition coefficient (Wildman–Crippen LogP) is 3.52. The molecule has 3 rings (SSSR count). The lowest BCUT2D eigenvalue weighted by molar-refractivity contribution is 0.0443. The van der Waals surface area contributed by atoms with E-state index in [1.54, 1.807) is 0 Å². The van der Waals surface area contributed by atoms with Crippen LogP contribution in [0.15, 0.2) is 30.3 Å². The van der Waals surface area contributed by atoms with Gasteiger partial charge in [0.15, 0.2) is 0 Å². The summed E-state index contributed by atoms with van der Waals surface area (Å²) in [5.74, 6) is 0.934. The lowest BCUT2D eigenvalue weighted by Crippen LogP contribution is -2.54. The maximum Gasteiger partial charge on any atom is 0.0510 e. The molecule has 1 saturated carbocycles.